The number of nitrogens with one attached hydrogen (secondary N) is 1. The first-order valence-corrected chi connectivity index (χ1v) is 10.7. The summed E-state index contributed by atoms with van der Waals surface area (Å²) in [5.41, 5.74) is 8.84. The lowest BCUT2D eigenvalue weighted by Gasteiger charge is -2.30. The molecule has 5 heteroatoms. The molecule has 2 amide bonds. The summed E-state index contributed by atoms with van der Waals surface area (Å²) in [6.07, 6.45) is 2.67. The molecule has 0 unspecified atom stereocenters. The van der Waals surface area contributed by atoms with Crippen LogP contribution in [-0.4, -0.2) is 28.5 Å². The summed E-state index contributed by atoms with van der Waals surface area (Å²) < 4.78 is 0. The fourth-order valence-corrected chi connectivity index (χ4v) is 4.03. The summed E-state index contributed by atoms with van der Waals surface area (Å²) in [7, 11) is 0. The van der Waals surface area contributed by atoms with E-state index in [0.717, 1.165) is 33.4 Å². The molecule has 3 aromatic rings. The van der Waals surface area contributed by atoms with Crippen LogP contribution in [-0.2, 0) is 17.8 Å². The van der Waals surface area contributed by atoms with Crippen LogP contribution in [0.3, 0.4) is 0 Å². The van der Waals surface area contributed by atoms with Gasteiger partial charge < -0.3 is 4.90 Å². The minimum Gasteiger partial charge on any atom is -0.334 e. The summed E-state index contributed by atoms with van der Waals surface area (Å²) in [5.74, 6) is -0.603. The van der Waals surface area contributed by atoms with Gasteiger partial charge in [0.15, 0.2) is 0 Å². The number of rotatable bonds is 4. The topological polar surface area (TPSA) is 69.6 Å². The van der Waals surface area contributed by atoms with E-state index in [1.807, 2.05) is 73.4 Å². The molecule has 2 N–H and O–H groups in total. The van der Waals surface area contributed by atoms with Crippen molar-refractivity contribution >= 4 is 23.5 Å². The van der Waals surface area contributed by atoms with Crippen LogP contribution in [0.5, 0.6) is 0 Å². The van der Waals surface area contributed by atoms with Crippen LogP contribution in [0.25, 0.3) is 11.6 Å². The Morgan fingerprint density at radius 2 is 1.66 bits per heavy atom. The van der Waals surface area contributed by atoms with E-state index >= 15 is 0 Å². The molecule has 5 nitrogen and oxygen atoms in total. The van der Waals surface area contributed by atoms with E-state index in [0.29, 0.717) is 30.6 Å². The Balaban J connectivity index is 1.69. The van der Waals surface area contributed by atoms with Crippen LogP contribution in [0.4, 0.5) is 0 Å². The number of carbonyl (C=O) groups excluding carboxylic acids is 2. The van der Waals surface area contributed by atoms with E-state index in [9.17, 15) is 9.59 Å². The standard InChI is InChI=1S/C27H26N2O3/c1-18-6-8-22(9-7-18)25(15-20-5-3-4-19(2)14-20)27(31)29-13-12-21-10-11-23(26(30)28-32)16-24(21)17-29/h3-11,14-16,32H,12-13,17H2,1-2H3,(H,28,30). The number of carbonyl (C=O) groups is 2. The summed E-state index contributed by atoms with van der Waals surface area (Å²) in [6.45, 7) is 5.08. The van der Waals surface area contributed by atoms with Crippen molar-refractivity contribution in [3.8, 4) is 0 Å². The molecule has 1 aliphatic rings. The van der Waals surface area contributed by atoms with Crippen molar-refractivity contribution in [2.24, 2.45) is 0 Å². The van der Waals surface area contributed by atoms with Gasteiger partial charge in [-0.3, -0.25) is 14.8 Å². The van der Waals surface area contributed by atoms with E-state index in [2.05, 4.69) is 6.07 Å². The van der Waals surface area contributed by atoms with Crippen LogP contribution in [0, 0.1) is 13.8 Å². The molecule has 3 aromatic carbocycles. The van der Waals surface area contributed by atoms with Gasteiger partial charge in [-0.15, -0.1) is 0 Å². The quantitative estimate of drug-likeness (QED) is 0.278. The lowest BCUT2D eigenvalue weighted by atomic mass is 9.95. The van der Waals surface area contributed by atoms with Crippen LogP contribution in [0.15, 0.2) is 66.7 Å². The van der Waals surface area contributed by atoms with Crippen molar-refractivity contribution in [2.75, 3.05) is 6.54 Å². The summed E-state index contributed by atoms with van der Waals surface area (Å²) in [5, 5.41) is 8.94. The van der Waals surface area contributed by atoms with Crippen molar-refractivity contribution in [3.05, 3.63) is 106 Å². The average Bonchev–Trinajstić information content (AvgIpc) is 2.81. The van der Waals surface area contributed by atoms with Gasteiger partial charge in [0.05, 0.1) is 0 Å². The van der Waals surface area contributed by atoms with Crippen LogP contribution >= 0.6 is 0 Å². The molecule has 1 heterocycles. The SMILES string of the molecule is Cc1ccc(C(=Cc2cccc(C)c2)C(=O)N2CCc3ccc(C(=O)NO)cc3C2)cc1. The maximum absolute atomic E-state index is 13.7. The summed E-state index contributed by atoms with van der Waals surface area (Å²) >= 11 is 0. The highest BCUT2D eigenvalue weighted by Crippen LogP contribution is 2.27. The molecule has 0 spiro atoms. The molecule has 0 aromatic heterocycles. The van der Waals surface area contributed by atoms with Gasteiger partial charge in [0.25, 0.3) is 11.8 Å². The third-order valence-electron chi connectivity index (χ3n) is 5.82. The van der Waals surface area contributed by atoms with Gasteiger partial charge in [-0.2, -0.15) is 0 Å². The second-order valence-electron chi connectivity index (χ2n) is 8.24. The Bertz CT molecular complexity index is 1200. The third-order valence-corrected chi connectivity index (χ3v) is 5.82. The number of hydroxylamine groups is 1. The molecular formula is C27H26N2O3. The molecule has 0 saturated carbocycles. The Kier molecular flexibility index (Phi) is 6.19. The molecule has 4 rings (SSSR count). The number of fused-ring (bicyclic) bond motifs is 1. The highest BCUT2D eigenvalue weighted by atomic mass is 16.5. The van der Waals surface area contributed by atoms with Gasteiger partial charge in [-0.25, -0.2) is 5.48 Å². The predicted octanol–water partition coefficient (Wildman–Crippen LogP) is 4.55. The largest absolute Gasteiger partial charge is 0.334 e. The second-order valence-corrected chi connectivity index (χ2v) is 8.24. The molecule has 0 radical (unpaired) electrons. The number of benzene rings is 3. The first-order valence-electron chi connectivity index (χ1n) is 10.7. The Morgan fingerprint density at radius 1 is 0.906 bits per heavy atom. The zero-order valence-corrected chi connectivity index (χ0v) is 18.3. The molecule has 0 bridgehead atoms. The van der Waals surface area contributed by atoms with Gasteiger partial charge in [-0.1, -0.05) is 65.7 Å². The van der Waals surface area contributed by atoms with Crippen LogP contribution < -0.4 is 5.48 Å². The number of hydrogen-bond acceptors (Lipinski definition) is 3. The fourth-order valence-electron chi connectivity index (χ4n) is 4.03. The molecule has 0 atom stereocenters. The van der Waals surface area contributed by atoms with E-state index in [4.69, 9.17) is 5.21 Å². The molecule has 0 aliphatic carbocycles. The van der Waals surface area contributed by atoms with Crippen molar-refractivity contribution in [1.82, 2.24) is 10.4 Å². The number of amides is 2. The number of hydrogen-bond donors (Lipinski definition) is 2. The fraction of sp³-hybridized carbons (Fsp3) is 0.185. The first kappa shape index (κ1) is 21.5. The molecule has 0 saturated heterocycles. The van der Waals surface area contributed by atoms with Gasteiger partial charge in [0.1, 0.15) is 0 Å². The summed E-state index contributed by atoms with van der Waals surface area (Å²) in [6, 6.07) is 21.4. The molecule has 32 heavy (non-hydrogen) atoms. The van der Waals surface area contributed by atoms with Crippen molar-refractivity contribution < 1.29 is 14.8 Å². The minimum absolute atomic E-state index is 0.0435. The lowest BCUT2D eigenvalue weighted by Crippen LogP contribution is -2.36. The molecule has 0 fully saturated rings. The Labute approximate surface area is 188 Å². The first-order chi connectivity index (χ1) is 15.4. The lowest BCUT2D eigenvalue weighted by molar-refractivity contribution is -0.125. The minimum atomic E-state index is -0.559. The Hall–Kier alpha value is -3.70. The van der Waals surface area contributed by atoms with Gasteiger partial charge >= 0.3 is 0 Å². The van der Waals surface area contributed by atoms with Gasteiger partial charge in [0, 0.05) is 24.2 Å². The smallest absolute Gasteiger partial charge is 0.274 e. The van der Waals surface area contributed by atoms with Crippen LogP contribution in [0.2, 0.25) is 0 Å². The van der Waals surface area contributed by atoms with E-state index in [1.165, 1.54) is 0 Å². The molecular weight excluding hydrogens is 400 g/mol. The zero-order valence-electron chi connectivity index (χ0n) is 18.3. The van der Waals surface area contributed by atoms with E-state index in [-0.39, 0.29) is 5.91 Å². The highest BCUT2D eigenvalue weighted by molar-refractivity contribution is 6.24. The van der Waals surface area contributed by atoms with Crippen molar-refractivity contribution in [2.45, 2.75) is 26.8 Å². The van der Waals surface area contributed by atoms with E-state index in [1.54, 1.807) is 17.6 Å². The van der Waals surface area contributed by atoms with Crippen molar-refractivity contribution in [1.29, 1.82) is 0 Å². The number of nitrogens with zero attached hydrogens (tertiary/aromatic N) is 1. The maximum Gasteiger partial charge on any atom is 0.274 e. The number of aryl methyl sites for hydroxylation is 2. The van der Waals surface area contributed by atoms with Gasteiger partial charge in [0.2, 0.25) is 0 Å². The normalized spacial score (nSPS) is 13.5. The molecule has 162 valence electrons. The Morgan fingerprint density at radius 3 is 2.38 bits per heavy atom. The monoisotopic (exact) mass is 426 g/mol. The average molecular weight is 427 g/mol. The zero-order chi connectivity index (χ0) is 22.7. The van der Waals surface area contributed by atoms with Crippen LogP contribution in [0.1, 0.15) is 43.7 Å². The summed E-state index contributed by atoms with van der Waals surface area (Å²) in [4.78, 5) is 27.3. The van der Waals surface area contributed by atoms with E-state index < -0.39 is 5.91 Å². The molecule has 1 aliphatic heterocycles. The second kappa shape index (κ2) is 9.20. The predicted molar refractivity (Wildman–Crippen MR) is 125 cm³/mol. The highest BCUT2D eigenvalue weighted by Gasteiger charge is 2.25. The maximum atomic E-state index is 13.7. The van der Waals surface area contributed by atoms with Crippen molar-refractivity contribution in [3.63, 3.8) is 0 Å². The van der Waals surface area contributed by atoms with Gasteiger partial charge in [-0.05, 0) is 60.7 Å². The third kappa shape index (κ3) is 4.63.